The van der Waals surface area contributed by atoms with Crippen molar-refractivity contribution >= 4 is 11.8 Å². The van der Waals surface area contributed by atoms with Crippen LogP contribution in [0, 0.1) is 0 Å². The van der Waals surface area contributed by atoms with E-state index in [9.17, 15) is 14.7 Å². The van der Waals surface area contributed by atoms with Crippen molar-refractivity contribution in [2.45, 2.75) is 38.8 Å². The van der Waals surface area contributed by atoms with Gasteiger partial charge in [0.1, 0.15) is 5.75 Å². The van der Waals surface area contributed by atoms with Crippen molar-refractivity contribution in [3.05, 3.63) is 29.8 Å². The third-order valence-electron chi connectivity index (χ3n) is 3.45. The Balaban J connectivity index is 2.74. The predicted molar refractivity (Wildman–Crippen MR) is 79.0 cm³/mol. The van der Waals surface area contributed by atoms with Crippen LogP contribution in [0.3, 0.4) is 0 Å². The molecule has 0 radical (unpaired) electrons. The van der Waals surface area contributed by atoms with Gasteiger partial charge >= 0.3 is 0 Å². The lowest BCUT2D eigenvalue weighted by molar-refractivity contribution is -0.119. The fourth-order valence-corrected chi connectivity index (χ4v) is 1.37. The average Bonchev–Trinajstić information content (AvgIpc) is 2.35. The molecule has 0 aliphatic carbocycles. The van der Waals surface area contributed by atoms with E-state index in [2.05, 4.69) is 5.32 Å². The number of nitrogens with two attached hydrogens (primary N) is 1. The summed E-state index contributed by atoms with van der Waals surface area (Å²) in [5, 5.41) is 12.8. The van der Waals surface area contributed by atoms with Crippen molar-refractivity contribution in [1.29, 1.82) is 0 Å². The summed E-state index contributed by atoms with van der Waals surface area (Å²) in [6.07, 6.45) is 0. The van der Waals surface area contributed by atoms with Crippen LogP contribution >= 0.6 is 0 Å². The lowest BCUT2D eigenvalue weighted by Crippen LogP contribution is -2.57. The van der Waals surface area contributed by atoms with E-state index in [1.165, 1.54) is 0 Å². The number of aliphatic hydroxyl groups is 1. The summed E-state index contributed by atoms with van der Waals surface area (Å²) >= 11 is 0. The van der Waals surface area contributed by atoms with Gasteiger partial charge in [0.15, 0.2) is 6.61 Å². The molecule has 0 fully saturated rings. The van der Waals surface area contributed by atoms with Crippen molar-refractivity contribution in [3.63, 3.8) is 0 Å². The molecule has 0 saturated heterocycles. The van der Waals surface area contributed by atoms with Crippen LogP contribution in [0.2, 0.25) is 0 Å². The van der Waals surface area contributed by atoms with E-state index < -0.39 is 17.0 Å². The standard InChI is InChI=1S/C15H22N2O4/c1-14(2,15(3,4)20)17-13(19)10-5-7-11(8-6-10)21-9-12(16)18/h5-8,20H,9H2,1-4H3,(H2,16,18)(H,17,19). The number of benzene rings is 1. The Kier molecular flexibility index (Phi) is 4.96. The van der Waals surface area contributed by atoms with Crippen LogP contribution in [-0.2, 0) is 4.79 Å². The molecule has 0 atom stereocenters. The van der Waals surface area contributed by atoms with Crippen molar-refractivity contribution in [3.8, 4) is 5.75 Å². The van der Waals surface area contributed by atoms with Crippen LogP contribution in [-0.4, -0.2) is 34.7 Å². The first-order chi connectivity index (χ1) is 9.53. The number of amides is 2. The monoisotopic (exact) mass is 294 g/mol. The summed E-state index contributed by atoms with van der Waals surface area (Å²) in [6, 6.07) is 6.31. The predicted octanol–water partition coefficient (Wildman–Crippen LogP) is 0.830. The maximum atomic E-state index is 12.1. The zero-order valence-electron chi connectivity index (χ0n) is 12.8. The second-order valence-electron chi connectivity index (χ2n) is 5.92. The molecular weight excluding hydrogens is 272 g/mol. The highest BCUT2D eigenvalue weighted by atomic mass is 16.5. The van der Waals surface area contributed by atoms with E-state index in [1.807, 2.05) is 0 Å². The quantitative estimate of drug-likeness (QED) is 0.723. The van der Waals surface area contributed by atoms with Gasteiger partial charge in [-0.2, -0.15) is 0 Å². The number of nitrogens with one attached hydrogen (secondary N) is 1. The Morgan fingerprint density at radius 2 is 1.71 bits per heavy atom. The van der Waals surface area contributed by atoms with Gasteiger partial charge in [0.05, 0.1) is 11.1 Å². The van der Waals surface area contributed by atoms with Gasteiger partial charge < -0.3 is 20.9 Å². The van der Waals surface area contributed by atoms with Gasteiger partial charge in [0.25, 0.3) is 11.8 Å². The smallest absolute Gasteiger partial charge is 0.255 e. The van der Waals surface area contributed by atoms with Gasteiger partial charge in [-0.1, -0.05) is 0 Å². The van der Waals surface area contributed by atoms with Crippen LogP contribution in [0.15, 0.2) is 24.3 Å². The molecule has 0 saturated carbocycles. The fourth-order valence-electron chi connectivity index (χ4n) is 1.37. The second-order valence-corrected chi connectivity index (χ2v) is 5.92. The number of primary amides is 1. The molecule has 0 bridgehead atoms. The molecule has 21 heavy (non-hydrogen) atoms. The molecule has 116 valence electrons. The van der Waals surface area contributed by atoms with E-state index in [0.29, 0.717) is 11.3 Å². The number of ether oxygens (including phenoxy) is 1. The molecule has 1 rings (SSSR count). The summed E-state index contributed by atoms with van der Waals surface area (Å²) in [4.78, 5) is 22.8. The molecule has 0 aromatic heterocycles. The maximum absolute atomic E-state index is 12.1. The first-order valence-electron chi connectivity index (χ1n) is 6.59. The molecular formula is C15H22N2O4. The Hall–Kier alpha value is -2.08. The molecule has 2 amide bonds. The molecule has 6 nitrogen and oxygen atoms in total. The third kappa shape index (κ3) is 4.75. The van der Waals surface area contributed by atoms with E-state index in [-0.39, 0.29) is 12.5 Å². The highest BCUT2D eigenvalue weighted by molar-refractivity contribution is 5.94. The minimum atomic E-state index is -1.06. The molecule has 4 N–H and O–H groups in total. The van der Waals surface area contributed by atoms with Gasteiger partial charge in [0, 0.05) is 5.56 Å². The van der Waals surface area contributed by atoms with Crippen molar-refractivity contribution in [1.82, 2.24) is 5.32 Å². The third-order valence-corrected chi connectivity index (χ3v) is 3.45. The van der Waals surface area contributed by atoms with E-state index in [0.717, 1.165) is 0 Å². The Labute approximate surface area is 124 Å². The van der Waals surface area contributed by atoms with E-state index >= 15 is 0 Å². The Morgan fingerprint density at radius 3 is 2.14 bits per heavy atom. The summed E-state index contributed by atoms with van der Waals surface area (Å²) in [6.45, 7) is 6.55. The number of carbonyl (C=O) groups excluding carboxylic acids is 2. The lowest BCUT2D eigenvalue weighted by atomic mass is 9.86. The molecule has 1 aromatic carbocycles. The molecule has 0 unspecified atom stereocenters. The molecule has 1 aromatic rings. The first kappa shape index (κ1) is 17.0. The Morgan fingerprint density at radius 1 is 1.19 bits per heavy atom. The topological polar surface area (TPSA) is 102 Å². The van der Waals surface area contributed by atoms with Gasteiger partial charge in [-0.15, -0.1) is 0 Å². The van der Waals surface area contributed by atoms with Gasteiger partial charge in [-0.3, -0.25) is 9.59 Å². The maximum Gasteiger partial charge on any atom is 0.255 e. The second kappa shape index (κ2) is 6.13. The molecule has 0 aliphatic rings. The van der Waals surface area contributed by atoms with Crippen LogP contribution < -0.4 is 15.8 Å². The van der Waals surface area contributed by atoms with Crippen molar-refractivity contribution < 1.29 is 19.4 Å². The minimum absolute atomic E-state index is 0.211. The van der Waals surface area contributed by atoms with Crippen LogP contribution in [0.4, 0.5) is 0 Å². The van der Waals surface area contributed by atoms with Crippen LogP contribution in [0.5, 0.6) is 5.75 Å². The van der Waals surface area contributed by atoms with Gasteiger partial charge in [-0.25, -0.2) is 0 Å². The zero-order chi connectivity index (χ0) is 16.3. The summed E-state index contributed by atoms with van der Waals surface area (Å²) in [7, 11) is 0. The van der Waals surface area contributed by atoms with Gasteiger partial charge in [0.2, 0.25) is 0 Å². The Bertz CT molecular complexity index is 515. The van der Waals surface area contributed by atoms with Gasteiger partial charge in [-0.05, 0) is 52.0 Å². The largest absolute Gasteiger partial charge is 0.484 e. The van der Waals surface area contributed by atoms with Crippen LogP contribution in [0.1, 0.15) is 38.1 Å². The molecule has 0 spiro atoms. The minimum Gasteiger partial charge on any atom is -0.484 e. The highest BCUT2D eigenvalue weighted by Gasteiger charge is 2.36. The fraction of sp³-hybridized carbons (Fsp3) is 0.467. The number of rotatable bonds is 6. The van der Waals surface area contributed by atoms with Crippen molar-refractivity contribution in [2.24, 2.45) is 5.73 Å². The lowest BCUT2D eigenvalue weighted by Gasteiger charge is -2.38. The number of carbonyl (C=O) groups is 2. The van der Waals surface area contributed by atoms with E-state index in [4.69, 9.17) is 10.5 Å². The SMILES string of the molecule is CC(C)(O)C(C)(C)NC(=O)c1ccc(OCC(N)=O)cc1. The molecule has 0 heterocycles. The number of hydrogen-bond donors (Lipinski definition) is 3. The summed E-state index contributed by atoms with van der Waals surface area (Å²) in [5.41, 5.74) is 3.56. The highest BCUT2D eigenvalue weighted by Crippen LogP contribution is 2.21. The zero-order valence-corrected chi connectivity index (χ0v) is 12.8. The number of hydrogen-bond acceptors (Lipinski definition) is 4. The van der Waals surface area contributed by atoms with Crippen molar-refractivity contribution in [2.75, 3.05) is 6.61 Å². The normalized spacial score (nSPS) is 11.9. The van der Waals surface area contributed by atoms with Crippen LogP contribution in [0.25, 0.3) is 0 Å². The first-order valence-corrected chi connectivity index (χ1v) is 6.59. The van der Waals surface area contributed by atoms with E-state index in [1.54, 1.807) is 52.0 Å². The molecule has 0 aliphatic heterocycles. The average molecular weight is 294 g/mol. The summed E-state index contributed by atoms with van der Waals surface area (Å²) < 4.78 is 5.11. The molecule has 6 heteroatoms. The summed E-state index contributed by atoms with van der Waals surface area (Å²) in [5.74, 6) is -0.417.